The SMILES string of the molecule is Cc1cccc(C(=O)NC2CS(=O)(=O)CC2Cl)c1. The lowest BCUT2D eigenvalue weighted by Gasteiger charge is -2.14. The summed E-state index contributed by atoms with van der Waals surface area (Å²) in [5, 5.41) is 2.13. The van der Waals surface area contributed by atoms with E-state index in [1.807, 2.05) is 13.0 Å². The van der Waals surface area contributed by atoms with Crippen LogP contribution in [0.2, 0.25) is 0 Å². The van der Waals surface area contributed by atoms with Crippen molar-refractivity contribution in [3.8, 4) is 0 Å². The van der Waals surface area contributed by atoms with Gasteiger partial charge in [-0.3, -0.25) is 4.79 Å². The van der Waals surface area contributed by atoms with Gasteiger partial charge in [-0.15, -0.1) is 11.6 Å². The zero-order valence-electron chi connectivity index (χ0n) is 9.89. The Morgan fingerprint density at radius 2 is 2.11 bits per heavy atom. The Labute approximate surface area is 111 Å². The molecule has 0 aliphatic carbocycles. The molecule has 2 atom stereocenters. The quantitative estimate of drug-likeness (QED) is 0.830. The van der Waals surface area contributed by atoms with E-state index in [2.05, 4.69) is 5.32 Å². The average molecular weight is 288 g/mol. The zero-order valence-corrected chi connectivity index (χ0v) is 11.5. The minimum absolute atomic E-state index is 0.0761. The van der Waals surface area contributed by atoms with E-state index in [0.29, 0.717) is 5.56 Å². The monoisotopic (exact) mass is 287 g/mol. The summed E-state index contributed by atoms with van der Waals surface area (Å²) in [6.07, 6.45) is 0. The van der Waals surface area contributed by atoms with Crippen LogP contribution in [0, 0.1) is 6.92 Å². The first-order valence-electron chi connectivity index (χ1n) is 5.59. The Kier molecular flexibility index (Phi) is 3.64. The van der Waals surface area contributed by atoms with Crippen molar-refractivity contribution >= 4 is 27.3 Å². The maximum absolute atomic E-state index is 11.9. The fraction of sp³-hybridized carbons (Fsp3) is 0.417. The number of alkyl halides is 1. The van der Waals surface area contributed by atoms with E-state index in [1.165, 1.54) is 0 Å². The van der Waals surface area contributed by atoms with Gasteiger partial charge in [0, 0.05) is 5.56 Å². The number of hydrogen-bond acceptors (Lipinski definition) is 3. The summed E-state index contributed by atoms with van der Waals surface area (Å²) in [4.78, 5) is 11.9. The van der Waals surface area contributed by atoms with Gasteiger partial charge in [-0.25, -0.2) is 8.42 Å². The molecule has 0 radical (unpaired) electrons. The van der Waals surface area contributed by atoms with Gasteiger partial charge in [-0.2, -0.15) is 0 Å². The van der Waals surface area contributed by atoms with Crippen LogP contribution in [-0.4, -0.2) is 37.2 Å². The molecule has 0 saturated carbocycles. The number of hydrogen-bond donors (Lipinski definition) is 1. The maximum atomic E-state index is 11.9. The van der Waals surface area contributed by atoms with Gasteiger partial charge in [-0.1, -0.05) is 17.7 Å². The highest BCUT2D eigenvalue weighted by atomic mass is 35.5. The van der Waals surface area contributed by atoms with E-state index < -0.39 is 21.3 Å². The molecule has 1 amide bonds. The molecule has 1 N–H and O–H groups in total. The number of sulfone groups is 1. The number of benzene rings is 1. The molecule has 2 unspecified atom stereocenters. The van der Waals surface area contributed by atoms with E-state index in [-0.39, 0.29) is 17.4 Å². The lowest BCUT2D eigenvalue weighted by atomic mass is 10.1. The maximum Gasteiger partial charge on any atom is 0.251 e. The second-order valence-corrected chi connectivity index (χ2v) is 7.26. The molecule has 1 aliphatic rings. The van der Waals surface area contributed by atoms with Crippen LogP contribution in [0.1, 0.15) is 15.9 Å². The van der Waals surface area contributed by atoms with E-state index in [1.54, 1.807) is 18.2 Å². The summed E-state index contributed by atoms with van der Waals surface area (Å²) in [6, 6.07) is 6.61. The summed E-state index contributed by atoms with van der Waals surface area (Å²) in [7, 11) is -3.13. The summed E-state index contributed by atoms with van der Waals surface area (Å²) >= 11 is 5.93. The van der Waals surface area contributed by atoms with Gasteiger partial charge in [0.15, 0.2) is 9.84 Å². The van der Waals surface area contributed by atoms with Gasteiger partial charge in [0.2, 0.25) is 0 Å². The molecule has 1 saturated heterocycles. The van der Waals surface area contributed by atoms with Crippen molar-refractivity contribution in [1.29, 1.82) is 0 Å². The molecule has 0 aromatic heterocycles. The molecule has 1 aromatic rings. The largest absolute Gasteiger partial charge is 0.347 e. The van der Waals surface area contributed by atoms with Crippen LogP contribution in [-0.2, 0) is 9.84 Å². The molecule has 1 heterocycles. The number of amides is 1. The molecule has 0 spiro atoms. The average Bonchev–Trinajstić information content (AvgIpc) is 2.51. The normalized spacial score (nSPS) is 25.9. The predicted molar refractivity (Wildman–Crippen MR) is 70.7 cm³/mol. The predicted octanol–water partition coefficient (Wildman–Crippen LogP) is 1.13. The highest BCUT2D eigenvalue weighted by Crippen LogP contribution is 2.18. The van der Waals surface area contributed by atoms with Crippen LogP contribution >= 0.6 is 11.6 Å². The molecule has 1 fully saturated rings. The van der Waals surface area contributed by atoms with E-state index in [4.69, 9.17) is 11.6 Å². The highest BCUT2D eigenvalue weighted by molar-refractivity contribution is 7.91. The topological polar surface area (TPSA) is 63.2 Å². The van der Waals surface area contributed by atoms with Crippen LogP contribution < -0.4 is 5.32 Å². The molecular weight excluding hydrogens is 274 g/mol. The standard InChI is InChI=1S/C12H14ClNO3S/c1-8-3-2-4-9(5-8)12(15)14-11-7-18(16,17)6-10(11)13/h2-5,10-11H,6-7H2,1H3,(H,14,15). The lowest BCUT2D eigenvalue weighted by Crippen LogP contribution is -2.40. The second-order valence-electron chi connectivity index (χ2n) is 4.54. The van der Waals surface area contributed by atoms with Gasteiger partial charge in [-0.05, 0) is 19.1 Å². The summed E-state index contributed by atoms with van der Waals surface area (Å²) in [6.45, 7) is 1.89. The van der Waals surface area contributed by atoms with Crippen LogP contribution in [0.5, 0.6) is 0 Å². The fourth-order valence-corrected chi connectivity index (χ4v) is 4.52. The van der Waals surface area contributed by atoms with Crippen molar-refractivity contribution in [3.05, 3.63) is 35.4 Å². The molecule has 4 nitrogen and oxygen atoms in total. The number of rotatable bonds is 2. The second kappa shape index (κ2) is 4.90. The third-order valence-corrected chi connectivity index (χ3v) is 5.26. The van der Waals surface area contributed by atoms with Crippen LogP contribution in [0.15, 0.2) is 24.3 Å². The van der Waals surface area contributed by atoms with Crippen molar-refractivity contribution in [2.75, 3.05) is 11.5 Å². The van der Waals surface area contributed by atoms with Gasteiger partial charge in [0.25, 0.3) is 5.91 Å². The van der Waals surface area contributed by atoms with Crippen LogP contribution in [0.3, 0.4) is 0 Å². The fourth-order valence-electron chi connectivity index (χ4n) is 1.97. The zero-order chi connectivity index (χ0) is 13.3. The minimum atomic E-state index is -3.13. The van der Waals surface area contributed by atoms with Crippen molar-refractivity contribution in [1.82, 2.24) is 5.32 Å². The minimum Gasteiger partial charge on any atom is -0.347 e. The Balaban J connectivity index is 2.09. The van der Waals surface area contributed by atoms with Gasteiger partial charge in [0.1, 0.15) is 0 Å². The smallest absolute Gasteiger partial charge is 0.251 e. The van der Waals surface area contributed by atoms with Gasteiger partial charge < -0.3 is 5.32 Å². The van der Waals surface area contributed by atoms with Crippen LogP contribution in [0.25, 0.3) is 0 Å². The number of nitrogens with one attached hydrogen (secondary N) is 1. The van der Waals surface area contributed by atoms with Crippen molar-refractivity contribution < 1.29 is 13.2 Å². The van der Waals surface area contributed by atoms with Gasteiger partial charge in [0.05, 0.1) is 22.9 Å². The highest BCUT2D eigenvalue weighted by Gasteiger charge is 2.37. The van der Waals surface area contributed by atoms with Gasteiger partial charge >= 0.3 is 0 Å². The molecular formula is C12H14ClNO3S. The van der Waals surface area contributed by atoms with Crippen LogP contribution in [0.4, 0.5) is 0 Å². The molecule has 6 heteroatoms. The lowest BCUT2D eigenvalue weighted by molar-refractivity contribution is 0.0941. The molecule has 18 heavy (non-hydrogen) atoms. The molecule has 98 valence electrons. The van der Waals surface area contributed by atoms with E-state index in [0.717, 1.165) is 5.56 Å². The Morgan fingerprint density at radius 1 is 1.39 bits per heavy atom. The number of aryl methyl sites for hydroxylation is 1. The molecule has 2 rings (SSSR count). The number of carbonyl (C=O) groups excluding carboxylic acids is 1. The summed E-state index contributed by atoms with van der Waals surface area (Å²) in [5.41, 5.74) is 1.49. The Hall–Kier alpha value is -1.07. The number of halogens is 1. The third kappa shape index (κ3) is 3.03. The van der Waals surface area contributed by atoms with E-state index in [9.17, 15) is 13.2 Å². The first kappa shape index (κ1) is 13.4. The summed E-state index contributed by atoms with van der Waals surface area (Å²) < 4.78 is 22.8. The molecule has 0 bridgehead atoms. The first-order valence-corrected chi connectivity index (χ1v) is 7.85. The molecule has 1 aliphatic heterocycles. The summed E-state index contributed by atoms with van der Waals surface area (Å²) in [5.74, 6) is -0.446. The Bertz CT molecular complexity index is 570. The number of carbonyl (C=O) groups is 1. The first-order chi connectivity index (χ1) is 8.37. The Morgan fingerprint density at radius 3 is 2.67 bits per heavy atom. The third-order valence-electron chi connectivity index (χ3n) is 2.88. The molecule has 1 aromatic carbocycles. The van der Waals surface area contributed by atoms with Crippen molar-refractivity contribution in [3.63, 3.8) is 0 Å². The van der Waals surface area contributed by atoms with Crippen molar-refractivity contribution in [2.45, 2.75) is 18.3 Å². The van der Waals surface area contributed by atoms with Crippen molar-refractivity contribution in [2.24, 2.45) is 0 Å². The van der Waals surface area contributed by atoms with E-state index >= 15 is 0 Å².